The number of carbonyl (C=O) groups is 3. The molecule has 2 aliphatic carbocycles. The van der Waals surface area contributed by atoms with Gasteiger partial charge in [-0.2, -0.15) is 0 Å². The van der Waals surface area contributed by atoms with Crippen molar-refractivity contribution >= 4 is 17.7 Å². The van der Waals surface area contributed by atoms with E-state index in [0.717, 1.165) is 0 Å². The second kappa shape index (κ2) is 5.62. The number of rotatable bonds is 3. The van der Waals surface area contributed by atoms with E-state index in [-0.39, 0.29) is 17.7 Å². The largest absolute Gasteiger partial charge is 0.481 e. The predicted molar refractivity (Wildman–Crippen MR) is 75.4 cm³/mol. The third-order valence-electron chi connectivity index (χ3n) is 5.45. The highest BCUT2D eigenvalue weighted by molar-refractivity contribution is 5.87. The van der Waals surface area contributed by atoms with Gasteiger partial charge >= 0.3 is 11.9 Å². The third kappa shape index (κ3) is 2.39. The molecule has 5 heteroatoms. The molecule has 2 rings (SSSR count). The Bertz CT molecular complexity index is 483. The van der Waals surface area contributed by atoms with Crippen LogP contribution in [0, 0.1) is 29.1 Å². The van der Waals surface area contributed by atoms with E-state index in [2.05, 4.69) is 6.58 Å². The molecule has 0 radical (unpaired) electrons. The van der Waals surface area contributed by atoms with Crippen molar-refractivity contribution in [2.24, 2.45) is 29.1 Å². The first-order chi connectivity index (χ1) is 9.86. The summed E-state index contributed by atoms with van der Waals surface area (Å²) in [6.07, 6.45) is 3.37. The van der Waals surface area contributed by atoms with Crippen LogP contribution in [0.5, 0.6) is 0 Å². The van der Waals surface area contributed by atoms with Crippen LogP contribution in [0.25, 0.3) is 0 Å². The molecule has 2 aliphatic rings. The molecule has 0 unspecified atom stereocenters. The normalized spacial score (nSPS) is 39.2. The molecule has 0 aliphatic heterocycles. The summed E-state index contributed by atoms with van der Waals surface area (Å²) in [5, 5.41) is 9.37. The number of ether oxygens (including phenoxy) is 1. The molecule has 2 fully saturated rings. The Kier molecular flexibility index (Phi) is 4.21. The van der Waals surface area contributed by atoms with Crippen molar-refractivity contribution in [3.05, 3.63) is 12.7 Å². The minimum absolute atomic E-state index is 0.0495. The van der Waals surface area contributed by atoms with Crippen LogP contribution < -0.4 is 0 Å². The highest BCUT2D eigenvalue weighted by Gasteiger charge is 2.57. The van der Waals surface area contributed by atoms with E-state index in [4.69, 9.17) is 4.74 Å². The van der Waals surface area contributed by atoms with Gasteiger partial charge in [0.25, 0.3) is 0 Å². The van der Waals surface area contributed by atoms with Gasteiger partial charge in [0.15, 0.2) is 0 Å². The van der Waals surface area contributed by atoms with Crippen molar-refractivity contribution < 1.29 is 24.2 Å². The lowest BCUT2D eigenvalue weighted by molar-refractivity contribution is -0.166. The van der Waals surface area contributed by atoms with Gasteiger partial charge < -0.3 is 9.84 Å². The minimum atomic E-state index is -0.894. The Morgan fingerprint density at radius 1 is 1.43 bits per heavy atom. The summed E-state index contributed by atoms with van der Waals surface area (Å²) in [6.45, 7) is 5.65. The van der Waals surface area contributed by atoms with Crippen LogP contribution in [0.4, 0.5) is 0 Å². The minimum Gasteiger partial charge on any atom is -0.481 e. The molecule has 0 heterocycles. The fourth-order valence-electron chi connectivity index (χ4n) is 4.35. The number of Topliss-reactive ketones (excluding diaryl/α,β-unsaturated/α-hetero) is 1. The highest BCUT2D eigenvalue weighted by Crippen LogP contribution is 2.56. The molecule has 5 atom stereocenters. The van der Waals surface area contributed by atoms with E-state index in [1.54, 1.807) is 6.08 Å². The summed E-state index contributed by atoms with van der Waals surface area (Å²) >= 11 is 0. The van der Waals surface area contributed by atoms with Crippen LogP contribution in [0.3, 0.4) is 0 Å². The molecule has 2 saturated carbocycles. The maximum Gasteiger partial charge on any atom is 0.309 e. The summed E-state index contributed by atoms with van der Waals surface area (Å²) in [7, 11) is 1.35. The zero-order valence-corrected chi connectivity index (χ0v) is 12.5. The smallest absolute Gasteiger partial charge is 0.309 e. The number of ketones is 1. The number of carboxylic acid groups (broad SMARTS) is 1. The van der Waals surface area contributed by atoms with Gasteiger partial charge in [-0.25, -0.2) is 0 Å². The lowest BCUT2D eigenvalue weighted by Gasteiger charge is -2.52. The van der Waals surface area contributed by atoms with Gasteiger partial charge in [-0.15, -0.1) is 6.58 Å². The lowest BCUT2D eigenvalue weighted by Crippen LogP contribution is -2.55. The van der Waals surface area contributed by atoms with E-state index in [1.807, 2.05) is 6.92 Å². The van der Waals surface area contributed by atoms with Crippen molar-refractivity contribution in [2.75, 3.05) is 7.11 Å². The molecule has 5 nitrogen and oxygen atoms in total. The van der Waals surface area contributed by atoms with E-state index in [1.165, 1.54) is 7.11 Å². The van der Waals surface area contributed by atoms with Crippen LogP contribution in [0.1, 0.15) is 32.6 Å². The van der Waals surface area contributed by atoms with Gasteiger partial charge in [-0.1, -0.05) is 13.0 Å². The zero-order chi connectivity index (χ0) is 15.8. The van der Waals surface area contributed by atoms with Gasteiger partial charge in [-0.05, 0) is 24.7 Å². The SMILES string of the molecule is C=C[C@@H]1[C@@H](C(=O)O)CC[C@]2(C)[C@@H](C(=O)OC)CCC(=O)[C@@H]12. The van der Waals surface area contributed by atoms with Crippen LogP contribution in [-0.4, -0.2) is 29.9 Å². The first-order valence-corrected chi connectivity index (χ1v) is 7.32. The molecule has 0 aromatic carbocycles. The number of carbonyl (C=O) groups excluding carboxylic acids is 2. The average molecular weight is 294 g/mol. The Hall–Kier alpha value is -1.65. The van der Waals surface area contributed by atoms with Gasteiger partial charge in [0, 0.05) is 18.3 Å². The first kappa shape index (κ1) is 15.7. The zero-order valence-electron chi connectivity index (χ0n) is 12.5. The summed E-state index contributed by atoms with van der Waals surface area (Å²) in [4.78, 5) is 35.9. The standard InChI is InChI=1S/C16H22O5/c1-4-9-10(14(18)19)7-8-16(2)11(15(20)21-3)5-6-12(17)13(9)16/h4,9-11,13H,1,5-8H2,2-3H3,(H,18,19)/t9-,10+,11-,13-,16-/m1/s1. The van der Waals surface area contributed by atoms with Gasteiger partial charge in [0.05, 0.1) is 18.9 Å². The van der Waals surface area contributed by atoms with Crippen LogP contribution in [0.15, 0.2) is 12.7 Å². The number of hydrogen-bond donors (Lipinski definition) is 1. The molecule has 1 N–H and O–H groups in total. The van der Waals surface area contributed by atoms with E-state index >= 15 is 0 Å². The number of fused-ring (bicyclic) bond motifs is 1. The first-order valence-electron chi connectivity index (χ1n) is 7.32. The average Bonchev–Trinajstić information content (AvgIpc) is 2.45. The van der Waals surface area contributed by atoms with Crippen molar-refractivity contribution in [1.29, 1.82) is 0 Å². The second-order valence-electron chi connectivity index (χ2n) is 6.36. The summed E-state index contributed by atoms with van der Waals surface area (Å²) in [5.74, 6) is -2.96. The van der Waals surface area contributed by atoms with Gasteiger partial charge in [0.1, 0.15) is 5.78 Å². The number of methoxy groups -OCH3 is 1. The van der Waals surface area contributed by atoms with Crippen molar-refractivity contribution in [3.63, 3.8) is 0 Å². The fraction of sp³-hybridized carbons (Fsp3) is 0.688. The van der Waals surface area contributed by atoms with Crippen molar-refractivity contribution in [2.45, 2.75) is 32.6 Å². The van der Waals surface area contributed by atoms with E-state index < -0.39 is 29.1 Å². The quantitative estimate of drug-likeness (QED) is 0.636. The molecule has 0 aromatic rings. The second-order valence-corrected chi connectivity index (χ2v) is 6.36. The van der Waals surface area contributed by atoms with E-state index in [0.29, 0.717) is 25.7 Å². The Morgan fingerprint density at radius 2 is 2.10 bits per heavy atom. The maximum atomic E-state index is 12.4. The Labute approximate surface area is 124 Å². The molecule has 0 amide bonds. The summed E-state index contributed by atoms with van der Waals surface area (Å²) in [5.41, 5.74) is -0.534. The topological polar surface area (TPSA) is 80.7 Å². The number of esters is 1. The van der Waals surface area contributed by atoms with Crippen LogP contribution >= 0.6 is 0 Å². The van der Waals surface area contributed by atoms with Gasteiger partial charge in [-0.3, -0.25) is 14.4 Å². The molecule has 0 saturated heterocycles. The number of carboxylic acids is 1. The molecule has 0 spiro atoms. The number of allylic oxidation sites excluding steroid dienone is 1. The number of hydrogen-bond acceptors (Lipinski definition) is 4. The third-order valence-corrected chi connectivity index (χ3v) is 5.45. The van der Waals surface area contributed by atoms with Crippen molar-refractivity contribution in [1.82, 2.24) is 0 Å². The molecule has 0 bridgehead atoms. The summed E-state index contributed by atoms with van der Waals surface area (Å²) in [6, 6.07) is 0. The molecule has 0 aromatic heterocycles. The van der Waals surface area contributed by atoms with Crippen molar-refractivity contribution in [3.8, 4) is 0 Å². The van der Waals surface area contributed by atoms with Crippen LogP contribution in [-0.2, 0) is 19.1 Å². The summed E-state index contributed by atoms with van der Waals surface area (Å²) < 4.78 is 4.89. The lowest BCUT2D eigenvalue weighted by atomic mass is 9.50. The highest BCUT2D eigenvalue weighted by atomic mass is 16.5. The van der Waals surface area contributed by atoms with Gasteiger partial charge in [0.2, 0.25) is 0 Å². The maximum absolute atomic E-state index is 12.4. The van der Waals surface area contributed by atoms with Crippen LogP contribution in [0.2, 0.25) is 0 Å². The molecular formula is C16H22O5. The Balaban J connectivity index is 2.43. The predicted octanol–water partition coefficient (Wildman–Crippen LogP) is 2.06. The Morgan fingerprint density at radius 3 is 2.62 bits per heavy atom. The molecular weight excluding hydrogens is 272 g/mol. The molecule has 21 heavy (non-hydrogen) atoms. The monoisotopic (exact) mass is 294 g/mol. The fourth-order valence-corrected chi connectivity index (χ4v) is 4.35. The number of aliphatic carboxylic acids is 1. The van der Waals surface area contributed by atoms with E-state index in [9.17, 15) is 19.5 Å². The molecule has 116 valence electrons.